The summed E-state index contributed by atoms with van der Waals surface area (Å²) >= 11 is 0. The van der Waals surface area contributed by atoms with E-state index in [0.29, 0.717) is 18.8 Å². The highest BCUT2D eigenvalue weighted by atomic mass is 19.3. The highest BCUT2D eigenvalue weighted by Crippen LogP contribution is 2.35. The summed E-state index contributed by atoms with van der Waals surface area (Å²) in [6.45, 7) is 8.29. The van der Waals surface area contributed by atoms with Gasteiger partial charge in [-0.15, -0.1) is 0 Å². The van der Waals surface area contributed by atoms with Gasteiger partial charge >= 0.3 is 6.09 Å². The Hall–Kier alpha value is -2.32. The monoisotopic (exact) mass is 367 g/mol. The van der Waals surface area contributed by atoms with Crippen LogP contribution in [0.15, 0.2) is 12.4 Å². The van der Waals surface area contributed by atoms with Crippen molar-refractivity contribution in [3.63, 3.8) is 0 Å². The molecule has 1 aliphatic heterocycles. The Kier molecular flexibility index (Phi) is 4.58. The molecule has 1 saturated heterocycles. The van der Waals surface area contributed by atoms with E-state index in [2.05, 4.69) is 15.1 Å². The lowest BCUT2D eigenvalue weighted by molar-refractivity contribution is 0.0141. The van der Waals surface area contributed by atoms with E-state index in [9.17, 15) is 13.6 Å². The first kappa shape index (κ1) is 18.5. The predicted octanol–water partition coefficient (Wildman–Crippen LogP) is 3.35. The Bertz CT molecular complexity index is 817. The highest BCUT2D eigenvalue weighted by molar-refractivity contribution is 5.68. The zero-order valence-electron chi connectivity index (χ0n) is 15.4. The summed E-state index contributed by atoms with van der Waals surface area (Å²) < 4.78 is 33.5. The molecule has 3 heterocycles. The smallest absolute Gasteiger partial charge is 0.410 e. The van der Waals surface area contributed by atoms with Gasteiger partial charge in [0.2, 0.25) is 0 Å². The van der Waals surface area contributed by atoms with Crippen LogP contribution in [0.5, 0.6) is 0 Å². The molecule has 0 spiro atoms. The normalized spacial score (nSPS) is 21.4. The third kappa shape index (κ3) is 3.61. The number of amides is 1. The van der Waals surface area contributed by atoms with E-state index in [1.54, 1.807) is 4.90 Å². The van der Waals surface area contributed by atoms with E-state index in [0.717, 1.165) is 12.8 Å². The second-order valence-corrected chi connectivity index (χ2v) is 7.90. The van der Waals surface area contributed by atoms with Crippen LogP contribution in [0.2, 0.25) is 0 Å². The van der Waals surface area contributed by atoms with Gasteiger partial charge in [-0.25, -0.2) is 23.1 Å². The van der Waals surface area contributed by atoms with Gasteiger partial charge in [0, 0.05) is 18.5 Å². The summed E-state index contributed by atoms with van der Waals surface area (Å²) in [6, 6.07) is 1.37. The number of likely N-dealkylation sites (tertiary alicyclic amines) is 1. The first-order valence-corrected chi connectivity index (χ1v) is 8.56. The van der Waals surface area contributed by atoms with Crippen molar-refractivity contribution < 1.29 is 18.3 Å². The maximum atomic E-state index is 13.3. The van der Waals surface area contributed by atoms with E-state index in [-0.39, 0.29) is 11.5 Å². The molecule has 1 aliphatic rings. The van der Waals surface area contributed by atoms with Gasteiger partial charge in [0.25, 0.3) is 12.2 Å². The molecule has 2 aromatic rings. The number of piperidine rings is 1. The van der Waals surface area contributed by atoms with Crippen LogP contribution in [0.4, 0.5) is 13.6 Å². The molecule has 0 unspecified atom stereocenters. The molecule has 2 aromatic heterocycles. The number of hydrogen-bond acceptors (Lipinski definition) is 5. The number of fused-ring (bicyclic) bond motifs is 1. The fourth-order valence-corrected chi connectivity index (χ4v) is 3.30. The number of carbonyl (C=O) groups is 1. The maximum Gasteiger partial charge on any atom is 0.410 e. The molecular formula is C17H23F2N5O2. The molecule has 0 bridgehead atoms. The average Bonchev–Trinajstić information content (AvgIpc) is 3.00. The van der Waals surface area contributed by atoms with Gasteiger partial charge in [0.05, 0.1) is 5.69 Å². The molecule has 1 fully saturated rings. The molecule has 3 rings (SSSR count). The summed E-state index contributed by atoms with van der Waals surface area (Å²) in [5, 5.41) is 4.13. The summed E-state index contributed by atoms with van der Waals surface area (Å²) in [6.07, 6.45) is -0.350. The lowest BCUT2D eigenvalue weighted by Gasteiger charge is -2.41. The largest absolute Gasteiger partial charge is 0.444 e. The number of alkyl halides is 2. The second-order valence-electron chi connectivity index (χ2n) is 7.90. The van der Waals surface area contributed by atoms with Crippen LogP contribution in [-0.4, -0.2) is 49.3 Å². The van der Waals surface area contributed by atoms with Crippen LogP contribution < -0.4 is 0 Å². The summed E-state index contributed by atoms with van der Waals surface area (Å²) in [7, 11) is 0. The van der Waals surface area contributed by atoms with Gasteiger partial charge < -0.3 is 9.64 Å². The molecule has 0 aromatic carbocycles. The van der Waals surface area contributed by atoms with Crippen molar-refractivity contribution in [1.29, 1.82) is 0 Å². The molecule has 1 amide bonds. The van der Waals surface area contributed by atoms with E-state index >= 15 is 0 Å². The van der Waals surface area contributed by atoms with Gasteiger partial charge in [-0.3, -0.25) is 0 Å². The molecule has 0 saturated carbocycles. The van der Waals surface area contributed by atoms with Crippen molar-refractivity contribution in [2.75, 3.05) is 13.1 Å². The van der Waals surface area contributed by atoms with Gasteiger partial charge in [0.1, 0.15) is 17.6 Å². The van der Waals surface area contributed by atoms with E-state index in [1.807, 2.05) is 27.7 Å². The molecule has 26 heavy (non-hydrogen) atoms. The van der Waals surface area contributed by atoms with Crippen molar-refractivity contribution in [3.05, 3.63) is 23.8 Å². The Labute approximate surface area is 150 Å². The van der Waals surface area contributed by atoms with Crippen molar-refractivity contribution in [1.82, 2.24) is 24.5 Å². The van der Waals surface area contributed by atoms with Crippen LogP contribution in [0.3, 0.4) is 0 Å². The van der Waals surface area contributed by atoms with Crippen LogP contribution in [0.1, 0.15) is 58.3 Å². The number of halogens is 2. The fourth-order valence-electron chi connectivity index (χ4n) is 3.30. The molecule has 0 aliphatic carbocycles. The highest BCUT2D eigenvalue weighted by Gasteiger charge is 2.39. The minimum Gasteiger partial charge on any atom is -0.444 e. The average molecular weight is 367 g/mol. The van der Waals surface area contributed by atoms with E-state index < -0.39 is 23.5 Å². The third-order valence-corrected chi connectivity index (χ3v) is 4.46. The molecule has 0 radical (unpaired) electrons. The Balaban J connectivity index is 1.96. The maximum absolute atomic E-state index is 13.3. The Morgan fingerprint density at radius 2 is 2.12 bits per heavy atom. The van der Waals surface area contributed by atoms with Crippen molar-refractivity contribution in [3.8, 4) is 0 Å². The zero-order chi connectivity index (χ0) is 19.1. The predicted molar refractivity (Wildman–Crippen MR) is 90.1 cm³/mol. The van der Waals surface area contributed by atoms with Gasteiger partial charge in [-0.1, -0.05) is 6.92 Å². The molecule has 7 nitrogen and oxygen atoms in total. The van der Waals surface area contributed by atoms with Crippen molar-refractivity contribution >= 4 is 11.9 Å². The molecular weight excluding hydrogens is 344 g/mol. The first-order chi connectivity index (χ1) is 12.1. The molecule has 142 valence electrons. The molecule has 9 heteroatoms. The third-order valence-electron chi connectivity index (χ3n) is 4.46. The standard InChI is InChI=1S/C17H23F2N5O2/c1-16(2,3)26-15(25)23-7-5-6-17(4,9-23)12-8-11(13(18)19)22-14-20-10-21-24(12)14/h8,10,13H,5-7,9H2,1-4H3/t17-/m1/s1. The first-order valence-electron chi connectivity index (χ1n) is 8.56. The number of carbonyl (C=O) groups excluding carboxylic acids is 1. The van der Waals surface area contributed by atoms with Gasteiger partial charge in [0.15, 0.2) is 0 Å². The van der Waals surface area contributed by atoms with Crippen LogP contribution >= 0.6 is 0 Å². The van der Waals surface area contributed by atoms with Crippen molar-refractivity contribution in [2.45, 2.75) is 58.0 Å². The van der Waals surface area contributed by atoms with Gasteiger partial charge in [-0.05, 0) is 39.7 Å². The lowest BCUT2D eigenvalue weighted by atomic mass is 9.78. The Morgan fingerprint density at radius 3 is 2.77 bits per heavy atom. The lowest BCUT2D eigenvalue weighted by Crippen LogP contribution is -2.49. The van der Waals surface area contributed by atoms with Crippen molar-refractivity contribution in [2.24, 2.45) is 0 Å². The summed E-state index contributed by atoms with van der Waals surface area (Å²) in [5.41, 5.74) is -0.920. The second kappa shape index (κ2) is 6.44. The number of rotatable bonds is 2. The van der Waals surface area contributed by atoms with E-state index in [1.165, 1.54) is 16.9 Å². The van der Waals surface area contributed by atoms with Crippen LogP contribution in [0, 0.1) is 0 Å². The number of aromatic nitrogens is 4. The SMILES string of the molecule is CC(C)(C)OC(=O)N1CCC[C@@](C)(c2cc(C(F)F)nc3ncnn23)C1. The summed E-state index contributed by atoms with van der Waals surface area (Å²) in [4.78, 5) is 21.9. The number of hydrogen-bond donors (Lipinski definition) is 0. The number of nitrogens with zero attached hydrogens (tertiary/aromatic N) is 5. The number of ether oxygens (including phenoxy) is 1. The van der Waals surface area contributed by atoms with Crippen LogP contribution in [-0.2, 0) is 10.2 Å². The zero-order valence-corrected chi connectivity index (χ0v) is 15.4. The minimum atomic E-state index is -2.70. The summed E-state index contributed by atoms with van der Waals surface area (Å²) in [5.74, 6) is 0.133. The van der Waals surface area contributed by atoms with E-state index in [4.69, 9.17) is 4.74 Å². The quantitative estimate of drug-likeness (QED) is 0.814. The van der Waals surface area contributed by atoms with Gasteiger partial charge in [-0.2, -0.15) is 10.1 Å². The topological polar surface area (TPSA) is 72.6 Å². The minimum absolute atomic E-state index is 0.133. The molecule has 1 atom stereocenters. The molecule has 0 N–H and O–H groups in total. The fraction of sp³-hybridized carbons (Fsp3) is 0.647. The Morgan fingerprint density at radius 1 is 1.38 bits per heavy atom. The van der Waals surface area contributed by atoms with Crippen LogP contribution in [0.25, 0.3) is 5.78 Å².